The molecule has 0 spiro atoms. The molecule has 0 saturated heterocycles. The maximum Gasteiger partial charge on any atom is 0.0652 e. The average Bonchev–Trinajstić information content (AvgIpc) is 3.03. The summed E-state index contributed by atoms with van der Waals surface area (Å²) in [5.41, 5.74) is 3.21. The fourth-order valence-corrected chi connectivity index (χ4v) is 2.50. The predicted molar refractivity (Wildman–Crippen MR) is 86.9 cm³/mol. The molecule has 2 nitrogen and oxygen atoms in total. The number of benzene rings is 2. The van der Waals surface area contributed by atoms with E-state index in [0.29, 0.717) is 0 Å². The number of thiophene rings is 1. The maximum atomic E-state index is 4.62. The molecule has 0 aliphatic heterocycles. The van der Waals surface area contributed by atoms with Gasteiger partial charge in [0.15, 0.2) is 0 Å². The van der Waals surface area contributed by atoms with Crippen molar-refractivity contribution in [1.29, 1.82) is 0 Å². The second kappa shape index (κ2) is 6.17. The van der Waals surface area contributed by atoms with Crippen molar-refractivity contribution < 1.29 is 0 Å². The first kappa shape index (κ1) is 12.6. The topological polar surface area (TPSA) is 15.6 Å². The summed E-state index contributed by atoms with van der Waals surface area (Å²) in [5, 5.41) is 10.7. The van der Waals surface area contributed by atoms with Gasteiger partial charge in [0.1, 0.15) is 0 Å². The zero-order valence-corrected chi connectivity index (χ0v) is 11.7. The van der Waals surface area contributed by atoms with Crippen LogP contribution in [0.5, 0.6) is 0 Å². The van der Waals surface area contributed by atoms with Gasteiger partial charge in [-0.25, -0.2) is 5.01 Å². The molecule has 98 valence electrons. The van der Waals surface area contributed by atoms with Crippen molar-refractivity contribution in [3.8, 4) is 0 Å². The molecule has 20 heavy (non-hydrogen) atoms. The molecule has 3 rings (SSSR count). The molecule has 0 aliphatic rings. The summed E-state index contributed by atoms with van der Waals surface area (Å²) in [4.78, 5) is 0. The largest absolute Gasteiger partial charge is 0.234 e. The molecule has 1 aromatic heterocycles. The fourth-order valence-electron chi connectivity index (χ4n) is 1.89. The normalized spacial score (nSPS) is 10.8. The van der Waals surface area contributed by atoms with Crippen molar-refractivity contribution in [3.63, 3.8) is 0 Å². The highest BCUT2D eigenvalue weighted by Crippen LogP contribution is 2.25. The van der Waals surface area contributed by atoms with Crippen molar-refractivity contribution in [3.05, 3.63) is 83.1 Å². The van der Waals surface area contributed by atoms with Gasteiger partial charge in [-0.15, -0.1) is 0 Å². The third-order valence-electron chi connectivity index (χ3n) is 2.87. The number of hydrazone groups is 1. The van der Waals surface area contributed by atoms with Crippen LogP contribution in [0, 0.1) is 0 Å². The zero-order valence-electron chi connectivity index (χ0n) is 10.9. The van der Waals surface area contributed by atoms with Crippen LogP contribution in [0.25, 0.3) is 0 Å². The SMILES string of the molecule is C(=N/N(c1ccccc1)c1ccccc1)/c1ccsc1. The van der Waals surface area contributed by atoms with Gasteiger partial charge >= 0.3 is 0 Å². The maximum absolute atomic E-state index is 4.62. The van der Waals surface area contributed by atoms with Gasteiger partial charge in [0.25, 0.3) is 0 Å². The third-order valence-corrected chi connectivity index (χ3v) is 3.57. The number of hydrogen-bond acceptors (Lipinski definition) is 3. The zero-order chi connectivity index (χ0) is 13.6. The van der Waals surface area contributed by atoms with E-state index >= 15 is 0 Å². The highest BCUT2D eigenvalue weighted by Gasteiger charge is 2.06. The Labute approximate surface area is 122 Å². The fraction of sp³-hybridized carbons (Fsp3) is 0. The average molecular weight is 278 g/mol. The van der Waals surface area contributed by atoms with Gasteiger partial charge in [-0.3, -0.25) is 0 Å². The number of nitrogens with zero attached hydrogens (tertiary/aromatic N) is 2. The Hall–Kier alpha value is -2.39. The Balaban J connectivity index is 1.96. The Morgan fingerprint density at radius 2 is 1.40 bits per heavy atom. The van der Waals surface area contributed by atoms with Gasteiger partial charge in [0.2, 0.25) is 0 Å². The monoisotopic (exact) mass is 278 g/mol. The summed E-state index contributed by atoms with van der Waals surface area (Å²) >= 11 is 1.67. The quantitative estimate of drug-likeness (QED) is 0.488. The second-order valence-electron chi connectivity index (χ2n) is 4.28. The number of hydrogen-bond donors (Lipinski definition) is 0. The molecule has 0 amide bonds. The van der Waals surface area contributed by atoms with Crippen LogP contribution in [0.15, 0.2) is 82.6 Å². The molecule has 3 heteroatoms. The van der Waals surface area contributed by atoms with E-state index in [4.69, 9.17) is 0 Å². The summed E-state index contributed by atoms with van der Waals surface area (Å²) in [5.74, 6) is 0. The van der Waals surface area contributed by atoms with E-state index < -0.39 is 0 Å². The van der Waals surface area contributed by atoms with Gasteiger partial charge in [-0.2, -0.15) is 16.4 Å². The van der Waals surface area contributed by atoms with Crippen LogP contribution in [-0.2, 0) is 0 Å². The third kappa shape index (κ3) is 2.95. The Morgan fingerprint density at radius 3 is 1.90 bits per heavy atom. The predicted octanol–water partition coefficient (Wildman–Crippen LogP) is 4.92. The Bertz CT molecular complexity index is 621. The van der Waals surface area contributed by atoms with Gasteiger partial charge in [-0.1, -0.05) is 36.4 Å². The van der Waals surface area contributed by atoms with E-state index in [1.807, 2.05) is 47.6 Å². The lowest BCUT2D eigenvalue weighted by Crippen LogP contribution is -2.08. The van der Waals surface area contributed by atoms with Crippen molar-refractivity contribution >= 4 is 28.9 Å². The molecule has 0 fully saturated rings. The number of para-hydroxylation sites is 2. The van der Waals surface area contributed by atoms with Crippen LogP contribution in [0.2, 0.25) is 0 Å². The van der Waals surface area contributed by atoms with E-state index in [2.05, 4.69) is 46.2 Å². The second-order valence-corrected chi connectivity index (χ2v) is 5.06. The minimum absolute atomic E-state index is 1.05. The van der Waals surface area contributed by atoms with Crippen LogP contribution in [0.1, 0.15) is 5.56 Å². The first-order valence-corrected chi connectivity index (χ1v) is 7.34. The van der Waals surface area contributed by atoms with E-state index in [1.54, 1.807) is 11.3 Å². The molecule has 0 atom stereocenters. The van der Waals surface area contributed by atoms with E-state index in [-0.39, 0.29) is 0 Å². The van der Waals surface area contributed by atoms with Crippen LogP contribution in [-0.4, -0.2) is 6.21 Å². The van der Waals surface area contributed by atoms with Crippen LogP contribution >= 0.6 is 11.3 Å². The lowest BCUT2D eigenvalue weighted by molar-refractivity contribution is 1.09. The molecular formula is C17H14N2S. The van der Waals surface area contributed by atoms with Crippen LogP contribution in [0.4, 0.5) is 11.4 Å². The molecule has 0 unspecified atom stereocenters. The van der Waals surface area contributed by atoms with Crippen molar-refractivity contribution in [2.24, 2.45) is 5.10 Å². The van der Waals surface area contributed by atoms with Crippen LogP contribution < -0.4 is 5.01 Å². The minimum Gasteiger partial charge on any atom is -0.234 e. The Morgan fingerprint density at radius 1 is 0.800 bits per heavy atom. The van der Waals surface area contributed by atoms with E-state index in [0.717, 1.165) is 16.9 Å². The number of anilines is 2. The molecule has 0 N–H and O–H groups in total. The number of rotatable bonds is 4. The van der Waals surface area contributed by atoms with E-state index in [1.165, 1.54) is 0 Å². The van der Waals surface area contributed by atoms with Gasteiger partial charge in [-0.05, 0) is 41.1 Å². The van der Waals surface area contributed by atoms with Crippen molar-refractivity contribution in [2.75, 3.05) is 5.01 Å². The van der Waals surface area contributed by atoms with Gasteiger partial charge in [0.05, 0.1) is 17.6 Å². The molecule has 3 aromatic rings. The molecular weight excluding hydrogens is 264 g/mol. The Kier molecular flexibility index (Phi) is 3.90. The summed E-state index contributed by atoms with van der Waals surface area (Å²) in [7, 11) is 0. The lowest BCUT2D eigenvalue weighted by Gasteiger charge is -2.18. The first-order valence-electron chi connectivity index (χ1n) is 6.40. The van der Waals surface area contributed by atoms with Crippen molar-refractivity contribution in [1.82, 2.24) is 0 Å². The van der Waals surface area contributed by atoms with Gasteiger partial charge < -0.3 is 0 Å². The highest BCUT2D eigenvalue weighted by molar-refractivity contribution is 7.08. The summed E-state index contributed by atoms with van der Waals surface area (Å²) in [6, 6.07) is 22.4. The highest BCUT2D eigenvalue weighted by atomic mass is 32.1. The molecule has 0 bridgehead atoms. The molecule has 2 aromatic carbocycles. The van der Waals surface area contributed by atoms with Crippen molar-refractivity contribution in [2.45, 2.75) is 0 Å². The minimum atomic E-state index is 1.05. The summed E-state index contributed by atoms with van der Waals surface area (Å²) < 4.78 is 0. The van der Waals surface area contributed by atoms with Crippen LogP contribution in [0.3, 0.4) is 0 Å². The molecule has 1 heterocycles. The van der Waals surface area contributed by atoms with Gasteiger partial charge in [0, 0.05) is 5.56 Å². The smallest absolute Gasteiger partial charge is 0.0652 e. The standard InChI is InChI=1S/C17H14N2S/c1-3-7-16(8-4-1)19(17-9-5-2-6-10-17)18-13-15-11-12-20-14-15/h1-14H/b18-13-. The first-order chi connectivity index (χ1) is 9.93. The summed E-state index contributed by atoms with van der Waals surface area (Å²) in [6.45, 7) is 0. The molecule has 0 radical (unpaired) electrons. The van der Waals surface area contributed by atoms with E-state index in [9.17, 15) is 0 Å². The molecule has 0 saturated carbocycles. The summed E-state index contributed by atoms with van der Waals surface area (Å²) in [6.07, 6.45) is 1.89. The molecule has 0 aliphatic carbocycles. The lowest BCUT2D eigenvalue weighted by atomic mass is 10.2.